The number of nitrogens with zero attached hydrogens (tertiary/aromatic N) is 6. The first-order chi connectivity index (χ1) is 41.5. The van der Waals surface area contributed by atoms with E-state index in [4.69, 9.17) is 61.1 Å². The smallest absolute Gasteiger partial charge is 0.246 e. The summed E-state index contributed by atoms with van der Waals surface area (Å²) < 4.78 is 45.3. The van der Waals surface area contributed by atoms with E-state index >= 15 is 0 Å². The number of ether oxygens (including phenoxy) is 8. The van der Waals surface area contributed by atoms with E-state index in [-0.39, 0.29) is 56.9 Å². The highest BCUT2D eigenvalue weighted by Crippen LogP contribution is 2.41. The van der Waals surface area contributed by atoms with Gasteiger partial charge in [0, 0.05) is 82.4 Å². The van der Waals surface area contributed by atoms with Gasteiger partial charge in [-0.3, -0.25) is 29.1 Å². The van der Waals surface area contributed by atoms with Crippen molar-refractivity contribution in [2.45, 2.75) is 78.1 Å². The number of aliphatic hydroxyl groups is 1. The molecule has 0 aliphatic carbocycles. The average molecular weight is 1250 g/mol. The Labute approximate surface area is 516 Å². The van der Waals surface area contributed by atoms with Crippen molar-refractivity contribution in [2.24, 2.45) is 5.41 Å². The fourth-order valence-corrected chi connectivity index (χ4v) is 11.1. The summed E-state index contributed by atoms with van der Waals surface area (Å²) in [5.41, 5.74) is 5.91. The first kappa shape index (κ1) is 67.1. The summed E-state index contributed by atoms with van der Waals surface area (Å²) in [5, 5.41) is 30.9. The molecule has 1 unspecified atom stereocenters. The van der Waals surface area contributed by atoms with Gasteiger partial charge < -0.3 is 68.8 Å². The Morgan fingerprint density at radius 3 is 2.05 bits per heavy atom. The molecule has 3 aromatic carbocycles. The Hall–Kier alpha value is -6.43. The zero-order valence-electron chi connectivity index (χ0n) is 49.8. The predicted octanol–water partition coefficient (Wildman–Crippen LogP) is 7.19. The van der Waals surface area contributed by atoms with E-state index in [2.05, 4.69) is 36.9 Å². The molecule has 86 heavy (non-hydrogen) atoms. The Balaban J connectivity index is 0.670. The second-order valence-electron chi connectivity index (χ2n) is 21.7. The Bertz CT molecular complexity index is 3080. The molecule has 4 amide bonds. The summed E-state index contributed by atoms with van der Waals surface area (Å²) in [6.45, 7) is 14.9. The molecule has 0 bridgehead atoms. The normalized spacial score (nSPS) is 15.8. The summed E-state index contributed by atoms with van der Waals surface area (Å²) >= 11 is 14.3. The third-order valence-corrected chi connectivity index (χ3v) is 16.1. The van der Waals surface area contributed by atoms with Gasteiger partial charge in [0.2, 0.25) is 23.6 Å². The van der Waals surface area contributed by atoms with Crippen LogP contribution in [-0.4, -0.2) is 198 Å². The molecule has 0 spiro atoms. The number of rotatable bonds is 33. The lowest BCUT2D eigenvalue weighted by atomic mass is 9.85. The number of β-amino-alcohol motifs (C(OH)–C–C–N with tert-alkyl or cyclic N) is 1. The number of anilines is 2. The van der Waals surface area contributed by atoms with Crippen molar-refractivity contribution >= 4 is 80.4 Å². The number of nitrogens with one attached hydrogen (secondary N) is 3. The molecule has 25 heteroatoms. The zero-order valence-corrected chi connectivity index (χ0v) is 52.1. The minimum absolute atomic E-state index is 0.0137. The third-order valence-electron chi connectivity index (χ3n) is 14.5. The van der Waals surface area contributed by atoms with Crippen LogP contribution in [0.3, 0.4) is 0 Å². The lowest BCUT2D eigenvalue weighted by molar-refractivity contribution is -0.144. The fraction of sp³-hybridized carbons (Fsp3) is 0.525. The highest BCUT2D eigenvalue weighted by atomic mass is 35.5. The van der Waals surface area contributed by atoms with Gasteiger partial charge in [0.05, 0.1) is 148 Å². The Morgan fingerprint density at radius 1 is 0.802 bits per heavy atom. The van der Waals surface area contributed by atoms with Crippen molar-refractivity contribution in [1.82, 2.24) is 35.3 Å². The van der Waals surface area contributed by atoms with Gasteiger partial charge in [-0.15, -0.1) is 11.3 Å². The summed E-state index contributed by atoms with van der Waals surface area (Å²) in [7, 11) is 3.06. The topological polar surface area (TPSA) is 258 Å². The number of piperazine rings is 1. The van der Waals surface area contributed by atoms with Gasteiger partial charge in [-0.25, -0.2) is 4.98 Å². The van der Waals surface area contributed by atoms with E-state index < -0.39 is 29.5 Å². The maximum atomic E-state index is 14.0. The van der Waals surface area contributed by atoms with Crippen molar-refractivity contribution in [3.63, 3.8) is 0 Å². The molecule has 3 atom stereocenters. The number of nitriles is 1. The van der Waals surface area contributed by atoms with E-state index in [1.807, 2.05) is 62.4 Å². The second-order valence-corrected chi connectivity index (χ2v) is 23.4. The number of carbonyl (C=O) groups is 4. The molecule has 0 saturated carbocycles. The van der Waals surface area contributed by atoms with E-state index in [1.54, 1.807) is 42.7 Å². The van der Waals surface area contributed by atoms with Gasteiger partial charge in [0.15, 0.2) is 11.5 Å². The fourth-order valence-electron chi connectivity index (χ4n) is 9.78. The van der Waals surface area contributed by atoms with Crippen LogP contribution in [-0.2, 0) is 49.4 Å². The number of aliphatic hydroxyl groups excluding tert-OH is 1. The Morgan fingerprint density at radius 2 is 1.44 bits per heavy atom. The number of amides is 4. The highest BCUT2D eigenvalue weighted by Gasteiger charge is 2.44. The van der Waals surface area contributed by atoms with Gasteiger partial charge in [-0.05, 0) is 42.0 Å². The number of methoxy groups -OCH3 is 2. The lowest BCUT2D eigenvalue weighted by Gasteiger charge is -2.35. The number of benzene rings is 3. The van der Waals surface area contributed by atoms with Gasteiger partial charge in [0.1, 0.15) is 23.9 Å². The van der Waals surface area contributed by atoms with Crippen molar-refractivity contribution in [2.75, 3.05) is 131 Å². The van der Waals surface area contributed by atoms with Gasteiger partial charge in [-0.1, -0.05) is 68.2 Å². The largest absolute Gasteiger partial charge is 0.495 e. The number of fused-ring (bicyclic) bond motifs is 1. The average Bonchev–Trinajstić information content (AvgIpc) is 2.56. The number of thiazole rings is 1. The molecule has 2 fully saturated rings. The van der Waals surface area contributed by atoms with Crippen LogP contribution in [0.2, 0.25) is 10.0 Å². The minimum atomic E-state index is -0.940. The molecule has 4 N–H and O–H groups in total. The minimum Gasteiger partial charge on any atom is -0.495 e. The quantitative estimate of drug-likeness (QED) is 0.0303. The maximum Gasteiger partial charge on any atom is 0.246 e. The first-order valence-corrected chi connectivity index (χ1v) is 30.4. The molecule has 2 aromatic heterocycles. The maximum absolute atomic E-state index is 14.0. The summed E-state index contributed by atoms with van der Waals surface area (Å²) in [6, 6.07) is 15.0. The third kappa shape index (κ3) is 19.5. The zero-order chi connectivity index (χ0) is 61.6. The number of aryl methyl sites for hydroxylation is 1. The van der Waals surface area contributed by atoms with Crippen LogP contribution >= 0.6 is 34.5 Å². The predicted molar refractivity (Wildman–Crippen MR) is 327 cm³/mol. The van der Waals surface area contributed by atoms with Crippen molar-refractivity contribution in [1.29, 1.82) is 5.26 Å². The van der Waals surface area contributed by atoms with Crippen LogP contribution in [0.25, 0.3) is 21.3 Å². The van der Waals surface area contributed by atoms with Crippen molar-refractivity contribution < 1.29 is 62.2 Å². The number of hydrogen-bond acceptors (Lipinski definition) is 19. The van der Waals surface area contributed by atoms with E-state index in [0.717, 1.165) is 47.8 Å². The summed E-state index contributed by atoms with van der Waals surface area (Å²) in [5.74, 6) is 0.314. The molecule has 0 radical (unpaired) electrons. The van der Waals surface area contributed by atoms with Crippen LogP contribution < -0.4 is 30.2 Å². The number of carbonyl (C=O) groups excluding carboxylic acids is 4. The molecule has 4 heterocycles. The summed E-state index contributed by atoms with van der Waals surface area (Å²) in [4.78, 5) is 68.8. The molecule has 466 valence electrons. The molecular formula is C61H79Cl2N9O13S. The van der Waals surface area contributed by atoms with Gasteiger partial charge in [-0.2, -0.15) is 5.26 Å². The molecule has 2 aliphatic heterocycles. The van der Waals surface area contributed by atoms with Crippen molar-refractivity contribution in [3.05, 3.63) is 87.1 Å². The molecule has 2 saturated heterocycles. The summed E-state index contributed by atoms with van der Waals surface area (Å²) in [6.07, 6.45) is 1.78. The van der Waals surface area contributed by atoms with Crippen LogP contribution in [0, 0.1) is 23.7 Å². The molecule has 2 aliphatic rings. The van der Waals surface area contributed by atoms with E-state index in [0.29, 0.717) is 134 Å². The SMILES string of the molecule is COc1cc(Nc2c(C#N)cnc3cc(OCCCN4CCN(C(=O)CCOCCOCCOCCOCCOCCC(=O)NC(C(=O)N5C[C@H](O)C[C@H]5C(=O)NCc5ccc(-c6scnc6C)cc5)C(C)(C)C)CC4)c(OC)cc23)c(Cl)cc1Cl. The molecule has 7 rings (SSSR count). The van der Waals surface area contributed by atoms with Gasteiger partial charge >= 0.3 is 0 Å². The Kier molecular flexibility index (Phi) is 26.2. The lowest BCUT2D eigenvalue weighted by Crippen LogP contribution is -2.57. The molecule has 5 aromatic rings. The van der Waals surface area contributed by atoms with Crippen LogP contribution in [0.1, 0.15) is 63.3 Å². The monoisotopic (exact) mass is 1250 g/mol. The number of likely N-dealkylation sites (tertiary alicyclic amines) is 1. The number of pyridine rings is 1. The number of aromatic nitrogens is 2. The van der Waals surface area contributed by atoms with Gasteiger partial charge in [0.25, 0.3) is 0 Å². The van der Waals surface area contributed by atoms with Crippen LogP contribution in [0.4, 0.5) is 11.4 Å². The second kappa shape index (κ2) is 33.6. The first-order valence-electron chi connectivity index (χ1n) is 28.7. The van der Waals surface area contributed by atoms with E-state index in [9.17, 15) is 29.5 Å². The number of hydrogen-bond donors (Lipinski definition) is 4. The van der Waals surface area contributed by atoms with Crippen LogP contribution in [0.15, 0.2) is 60.2 Å². The standard InChI is InChI=1S/C61H79Cl2N9O13S/c1-40-57(86-39-67-40)42-10-8-41(9-11-42)36-66-59(76)50-30-44(73)38-72(50)60(77)58(61(2,3)4)69-54(74)12-20-80-22-24-82-26-28-84-29-27-83-25-23-81-21-13-55(75)71-17-15-70(16-18-71)14-7-19-85-53-33-48-45(31-52(53)79-6)56(43(35-64)37-65-48)68-49-34-51(78-5)47(63)32-46(49)62/h8-11,31-34,37,39,44,50,58,73H,7,12-30,36,38H2,1-6H3,(H,65,68)(H,66,76)(H,69,74)/t44-,50+,58?/m1/s1. The van der Waals surface area contributed by atoms with Crippen molar-refractivity contribution in [3.8, 4) is 33.8 Å². The van der Waals surface area contributed by atoms with E-state index in [1.165, 1.54) is 18.2 Å². The molecular weight excluding hydrogens is 1170 g/mol. The van der Waals surface area contributed by atoms with Crippen LogP contribution in [0.5, 0.6) is 17.2 Å². The highest BCUT2D eigenvalue weighted by molar-refractivity contribution is 7.13. The molecule has 22 nitrogen and oxygen atoms in total. The number of halogens is 2.